The smallest absolute Gasteiger partial charge is 0.169 e. The summed E-state index contributed by atoms with van der Waals surface area (Å²) in [6, 6.07) is 7.37. The number of Topliss-reactive ketones (excluding diaryl/α,β-unsaturated/α-hetero) is 1. The third-order valence-corrected chi connectivity index (χ3v) is 3.88. The van der Waals surface area contributed by atoms with Crippen LogP contribution in [0.1, 0.15) is 24.2 Å². The molecule has 1 aromatic rings. The summed E-state index contributed by atoms with van der Waals surface area (Å²) in [6.07, 6.45) is 6.10. The molecule has 0 saturated carbocycles. The molecular formula is C18H21ClN2O6. The molecule has 3 rings (SSSR count). The number of hydrogen-bond acceptors (Lipinski definition) is 8. The highest BCUT2D eigenvalue weighted by Gasteiger charge is 2.27. The number of hydrogen-bond donors (Lipinski definition) is 1. The number of fused-ring (bicyclic) bond motifs is 1. The number of ketones is 1. The van der Waals surface area contributed by atoms with Crippen LogP contribution in [0.15, 0.2) is 53.2 Å². The van der Waals surface area contributed by atoms with E-state index in [1.807, 2.05) is 55.3 Å². The molecule has 0 fully saturated rings. The molecule has 1 atom stereocenters. The molecule has 0 amide bonds. The molecule has 9 heteroatoms. The zero-order valence-corrected chi connectivity index (χ0v) is 15.8. The summed E-state index contributed by atoms with van der Waals surface area (Å²) in [5.74, 6) is 1.79. The van der Waals surface area contributed by atoms with Crippen molar-refractivity contribution in [3.63, 3.8) is 0 Å². The minimum Gasteiger partial charge on any atom is -0.494 e. The number of aliphatic imine (C=N–C) groups is 1. The second kappa shape index (κ2) is 9.12. The number of halogens is 1. The number of amidine groups is 1. The summed E-state index contributed by atoms with van der Waals surface area (Å²) >= 11 is 0. The van der Waals surface area contributed by atoms with Crippen LogP contribution in [-0.4, -0.2) is 40.9 Å². The van der Waals surface area contributed by atoms with Crippen molar-refractivity contribution in [2.75, 3.05) is 19.7 Å². The molecular weight excluding hydrogens is 376 g/mol. The first-order chi connectivity index (χ1) is 12.7. The van der Waals surface area contributed by atoms with E-state index in [1.54, 1.807) is 0 Å². The van der Waals surface area contributed by atoms with Gasteiger partial charge in [-0.05, 0) is 55.8 Å². The summed E-state index contributed by atoms with van der Waals surface area (Å²) in [5.41, 5.74) is 1.91. The van der Waals surface area contributed by atoms with Gasteiger partial charge in [0.2, 0.25) is 0 Å². The Balaban J connectivity index is 0.000000465. The molecule has 27 heavy (non-hydrogen) atoms. The second-order valence-corrected chi connectivity index (χ2v) is 6.76. The van der Waals surface area contributed by atoms with E-state index in [9.17, 15) is 4.79 Å². The van der Waals surface area contributed by atoms with Crippen molar-refractivity contribution in [3.8, 4) is 5.75 Å². The zero-order chi connectivity index (χ0) is 20.0. The number of allylic oxidation sites excluding steroid dienone is 2. The van der Waals surface area contributed by atoms with Crippen molar-refractivity contribution in [1.82, 2.24) is 4.90 Å². The van der Waals surface area contributed by atoms with Gasteiger partial charge in [-0.15, -0.1) is 0 Å². The van der Waals surface area contributed by atoms with Gasteiger partial charge in [-0.25, -0.2) is 0 Å². The Bertz CT molecular complexity index is 746. The maximum atomic E-state index is 12.6. The molecule has 2 aliphatic rings. The van der Waals surface area contributed by atoms with Crippen LogP contribution in [0, 0.1) is 16.2 Å². The van der Waals surface area contributed by atoms with Crippen LogP contribution in [-0.2, 0) is 0 Å². The first kappa shape index (κ1) is 21.1. The summed E-state index contributed by atoms with van der Waals surface area (Å²) < 4.78 is 38.1. The molecule has 0 saturated heterocycles. The largest absolute Gasteiger partial charge is 0.494 e. The lowest BCUT2D eigenvalue weighted by atomic mass is 9.95. The van der Waals surface area contributed by atoms with E-state index < -0.39 is 10.2 Å². The number of carbonyl (C=O) groups is 1. The molecule has 2 aliphatic heterocycles. The lowest BCUT2D eigenvalue weighted by Gasteiger charge is -2.31. The highest BCUT2D eigenvalue weighted by atomic mass is 35.7. The van der Waals surface area contributed by atoms with Crippen molar-refractivity contribution >= 4 is 11.6 Å². The van der Waals surface area contributed by atoms with Crippen LogP contribution in [0.3, 0.4) is 0 Å². The van der Waals surface area contributed by atoms with E-state index in [1.165, 1.54) is 5.57 Å². The predicted octanol–water partition coefficient (Wildman–Crippen LogP) is -1.05. The lowest BCUT2D eigenvalue weighted by Crippen LogP contribution is -2.58. The maximum absolute atomic E-state index is 12.6. The van der Waals surface area contributed by atoms with E-state index in [4.69, 9.17) is 23.4 Å². The maximum Gasteiger partial charge on any atom is 0.169 e. The average Bonchev–Trinajstić information content (AvgIpc) is 2.60. The van der Waals surface area contributed by atoms with Crippen LogP contribution in [0.4, 0.5) is 0 Å². The molecule has 0 radical (unpaired) electrons. The standard InChI is InChI=1S/C18H20N2O2.ClHO4/c1-3-22-16-6-4-14(5-7-16)18(21)15-11-19-17-10-13(2)8-9-20(17)12-15;2-1(3,4)5/h4-10,15H,3,11-12H2,1-2H3;(H,2,3,4,5). The van der Waals surface area contributed by atoms with Crippen LogP contribution in [0.25, 0.3) is 0 Å². The molecule has 0 bridgehead atoms. The fourth-order valence-electron chi connectivity index (χ4n) is 2.69. The van der Waals surface area contributed by atoms with Gasteiger partial charge < -0.3 is 9.64 Å². The highest BCUT2D eigenvalue weighted by molar-refractivity contribution is 6.01. The summed E-state index contributed by atoms with van der Waals surface area (Å²) in [7, 11) is -4.69. The topological polar surface area (TPSA) is 131 Å². The van der Waals surface area contributed by atoms with Crippen LogP contribution < -0.4 is 18.7 Å². The molecule has 8 nitrogen and oxygen atoms in total. The number of ether oxygens (including phenoxy) is 1. The second-order valence-electron chi connectivity index (χ2n) is 5.97. The Kier molecular flexibility index (Phi) is 7.11. The van der Waals surface area contributed by atoms with Gasteiger partial charge in [-0.3, -0.25) is 9.79 Å². The molecule has 0 aromatic heterocycles. The Labute approximate surface area is 159 Å². The average molecular weight is 397 g/mol. The highest BCUT2D eigenvalue weighted by Crippen LogP contribution is 2.21. The minimum absolute atomic E-state index is 0.0989. The Hall–Kier alpha value is -2.23. The summed E-state index contributed by atoms with van der Waals surface area (Å²) in [6.45, 7) is 5.86. The van der Waals surface area contributed by atoms with Gasteiger partial charge in [0.15, 0.2) is 5.78 Å². The molecule has 1 aromatic carbocycles. The Morgan fingerprint density at radius 2 is 1.96 bits per heavy atom. The number of carbonyl (C=O) groups excluding carboxylic acids is 1. The molecule has 2 heterocycles. The normalized spacial score (nSPS) is 18.6. The number of nitrogens with zero attached hydrogens (tertiary/aromatic N) is 2. The Morgan fingerprint density at radius 1 is 1.33 bits per heavy atom. The van der Waals surface area contributed by atoms with Crippen LogP contribution in [0.2, 0.25) is 0 Å². The van der Waals surface area contributed by atoms with Crippen molar-refractivity contribution in [3.05, 3.63) is 53.8 Å². The third-order valence-electron chi connectivity index (χ3n) is 3.88. The quantitative estimate of drug-likeness (QED) is 0.642. The third kappa shape index (κ3) is 6.78. The van der Waals surface area contributed by atoms with E-state index in [2.05, 4.69) is 11.1 Å². The van der Waals surface area contributed by atoms with Gasteiger partial charge in [0, 0.05) is 18.3 Å². The molecule has 146 valence electrons. The van der Waals surface area contributed by atoms with Crippen LogP contribution in [0.5, 0.6) is 5.75 Å². The van der Waals surface area contributed by atoms with E-state index in [0.29, 0.717) is 19.7 Å². The van der Waals surface area contributed by atoms with Gasteiger partial charge in [0.25, 0.3) is 0 Å². The van der Waals surface area contributed by atoms with Gasteiger partial charge in [0.1, 0.15) is 11.6 Å². The summed E-state index contributed by atoms with van der Waals surface area (Å²) in [5, 5.41) is 0. The van der Waals surface area contributed by atoms with E-state index in [-0.39, 0.29) is 11.7 Å². The van der Waals surface area contributed by atoms with Gasteiger partial charge in [0.05, 0.1) is 34.0 Å². The first-order valence-corrected chi connectivity index (χ1v) is 9.51. The van der Waals surface area contributed by atoms with Crippen molar-refractivity contribution in [2.45, 2.75) is 13.8 Å². The van der Waals surface area contributed by atoms with Gasteiger partial charge in [-0.2, -0.15) is 14.0 Å². The Morgan fingerprint density at radius 3 is 2.56 bits per heavy atom. The monoisotopic (exact) mass is 396 g/mol. The lowest BCUT2D eigenvalue weighted by molar-refractivity contribution is -1.92. The zero-order valence-electron chi connectivity index (χ0n) is 15.0. The van der Waals surface area contributed by atoms with Crippen molar-refractivity contribution in [2.24, 2.45) is 10.9 Å². The molecule has 1 N–H and O–H groups in total. The molecule has 0 spiro atoms. The fourth-order valence-corrected chi connectivity index (χ4v) is 2.69. The molecule has 1 unspecified atom stereocenters. The van der Waals surface area contributed by atoms with Gasteiger partial charge >= 0.3 is 0 Å². The number of benzene rings is 1. The van der Waals surface area contributed by atoms with Crippen molar-refractivity contribution < 1.29 is 38.4 Å². The summed E-state index contributed by atoms with van der Waals surface area (Å²) in [4.78, 5) is 19.2. The first-order valence-electron chi connectivity index (χ1n) is 8.25. The fraction of sp³-hybridized carbons (Fsp3) is 0.333. The number of rotatable bonds is 4. The molecule has 0 aliphatic carbocycles. The SMILES string of the molecule is CCOc1ccc(C(=O)C2CN=C3C=C(C)C=CN3C2)cc1.[O-][Cl+3]([O-])([O-])O. The van der Waals surface area contributed by atoms with Crippen LogP contribution >= 0.6 is 0 Å². The van der Waals surface area contributed by atoms with E-state index >= 15 is 0 Å². The van der Waals surface area contributed by atoms with Crippen molar-refractivity contribution in [1.29, 1.82) is 0 Å². The predicted molar refractivity (Wildman–Crippen MR) is 89.6 cm³/mol. The van der Waals surface area contributed by atoms with E-state index in [0.717, 1.165) is 17.1 Å². The van der Waals surface area contributed by atoms with Gasteiger partial charge in [-0.1, -0.05) is 0 Å². The minimum atomic E-state index is -4.69.